The van der Waals surface area contributed by atoms with Crippen LogP contribution in [-0.4, -0.2) is 44.6 Å². The van der Waals surface area contributed by atoms with E-state index in [1.54, 1.807) is 0 Å². The predicted molar refractivity (Wildman–Crippen MR) is 167 cm³/mol. The van der Waals surface area contributed by atoms with Crippen molar-refractivity contribution in [3.8, 4) is 0 Å². The van der Waals surface area contributed by atoms with Crippen LogP contribution in [0.4, 0.5) is 0 Å². The Kier molecular flexibility index (Phi) is 14.9. The molecule has 0 spiro atoms. The molecule has 0 amide bonds. The van der Waals surface area contributed by atoms with Crippen LogP contribution < -0.4 is 5.32 Å². The normalized spacial score (nSPS) is 14.7. The SMILES string of the molecule is C=C(/C=C\C=C/C)COC(C(COCc1ccccc1)NC)C(OCc1ccccc1)C(C)OCc1ccccc1. The Morgan fingerprint density at radius 3 is 1.80 bits per heavy atom. The zero-order chi connectivity index (χ0) is 29.1. The van der Waals surface area contributed by atoms with E-state index in [0.717, 1.165) is 22.3 Å². The molecule has 5 heteroatoms. The van der Waals surface area contributed by atoms with Crippen LogP contribution in [0.2, 0.25) is 0 Å². The molecular weight excluding hydrogens is 510 g/mol. The summed E-state index contributed by atoms with van der Waals surface area (Å²) in [5.74, 6) is 0. The average molecular weight is 556 g/mol. The highest BCUT2D eigenvalue weighted by molar-refractivity contribution is 5.19. The van der Waals surface area contributed by atoms with Gasteiger partial charge in [-0.3, -0.25) is 0 Å². The van der Waals surface area contributed by atoms with E-state index in [9.17, 15) is 0 Å². The van der Waals surface area contributed by atoms with Gasteiger partial charge in [-0.25, -0.2) is 0 Å². The van der Waals surface area contributed by atoms with Crippen molar-refractivity contribution in [2.75, 3.05) is 20.3 Å². The first-order chi connectivity index (χ1) is 20.1. The Morgan fingerprint density at radius 2 is 1.27 bits per heavy atom. The second-order valence-corrected chi connectivity index (χ2v) is 9.98. The summed E-state index contributed by atoms with van der Waals surface area (Å²) in [7, 11) is 1.93. The van der Waals surface area contributed by atoms with Gasteiger partial charge in [-0.2, -0.15) is 0 Å². The van der Waals surface area contributed by atoms with Crippen molar-refractivity contribution in [2.45, 2.75) is 58.0 Å². The fourth-order valence-corrected chi connectivity index (χ4v) is 4.38. The summed E-state index contributed by atoms with van der Waals surface area (Å²) in [6.07, 6.45) is 6.86. The third-order valence-corrected chi connectivity index (χ3v) is 6.70. The molecule has 4 atom stereocenters. The zero-order valence-corrected chi connectivity index (χ0v) is 24.7. The third-order valence-electron chi connectivity index (χ3n) is 6.70. The van der Waals surface area contributed by atoms with E-state index in [0.29, 0.717) is 33.0 Å². The molecule has 0 fully saturated rings. The van der Waals surface area contributed by atoms with Gasteiger partial charge in [0, 0.05) is 0 Å². The highest BCUT2D eigenvalue weighted by Crippen LogP contribution is 2.21. The Morgan fingerprint density at radius 1 is 0.732 bits per heavy atom. The first-order valence-electron chi connectivity index (χ1n) is 14.3. The number of likely N-dealkylation sites (N-methyl/N-ethyl adjacent to an activating group) is 1. The maximum absolute atomic E-state index is 6.61. The Balaban J connectivity index is 1.80. The Bertz CT molecular complexity index is 1160. The van der Waals surface area contributed by atoms with Crippen molar-refractivity contribution in [1.29, 1.82) is 0 Å². The molecule has 41 heavy (non-hydrogen) atoms. The molecule has 0 saturated carbocycles. The molecule has 0 aromatic heterocycles. The van der Waals surface area contributed by atoms with Gasteiger partial charge in [0.2, 0.25) is 0 Å². The Labute approximate surface area is 246 Å². The van der Waals surface area contributed by atoms with Gasteiger partial charge in [0.1, 0.15) is 12.2 Å². The molecule has 0 bridgehead atoms. The van der Waals surface area contributed by atoms with Crippen molar-refractivity contribution >= 4 is 0 Å². The first kappa shape index (κ1) is 32.2. The topological polar surface area (TPSA) is 49.0 Å². The molecule has 5 nitrogen and oxygen atoms in total. The summed E-state index contributed by atoms with van der Waals surface area (Å²) in [6, 6.07) is 30.4. The molecule has 0 aliphatic carbocycles. The van der Waals surface area contributed by atoms with E-state index in [-0.39, 0.29) is 24.4 Å². The van der Waals surface area contributed by atoms with E-state index in [1.165, 1.54) is 0 Å². The molecule has 0 heterocycles. The number of allylic oxidation sites excluding steroid dienone is 3. The van der Waals surface area contributed by atoms with E-state index >= 15 is 0 Å². The van der Waals surface area contributed by atoms with Gasteiger partial charge < -0.3 is 24.3 Å². The van der Waals surface area contributed by atoms with Crippen LogP contribution in [0.25, 0.3) is 0 Å². The van der Waals surface area contributed by atoms with Crippen LogP contribution >= 0.6 is 0 Å². The standard InChI is InChI=1S/C36H45NO4/c1-5-6-10-17-29(2)24-40-36(34(37-4)28-38-25-31-18-11-7-12-19-31)35(41-27-33-22-15-9-16-23-33)30(3)39-26-32-20-13-8-14-21-32/h5-23,30,34-37H,2,24-28H2,1,3-4H3/b6-5-,17-10-. The fourth-order valence-electron chi connectivity index (χ4n) is 4.38. The smallest absolute Gasteiger partial charge is 0.112 e. The maximum Gasteiger partial charge on any atom is 0.112 e. The lowest BCUT2D eigenvalue weighted by molar-refractivity contribution is -0.153. The lowest BCUT2D eigenvalue weighted by Gasteiger charge is -2.36. The van der Waals surface area contributed by atoms with Crippen LogP contribution in [0.15, 0.2) is 127 Å². The average Bonchev–Trinajstić information content (AvgIpc) is 3.01. The molecule has 3 rings (SSSR count). The number of hydrogen-bond acceptors (Lipinski definition) is 5. The fraction of sp³-hybridized carbons (Fsp3) is 0.333. The van der Waals surface area contributed by atoms with Crippen molar-refractivity contribution in [2.24, 2.45) is 0 Å². The number of rotatable bonds is 19. The molecule has 3 aromatic carbocycles. The van der Waals surface area contributed by atoms with E-state index in [2.05, 4.69) is 48.3 Å². The van der Waals surface area contributed by atoms with Gasteiger partial charge in [-0.15, -0.1) is 0 Å². The summed E-state index contributed by atoms with van der Waals surface area (Å²) >= 11 is 0. The third kappa shape index (κ3) is 12.0. The van der Waals surface area contributed by atoms with Crippen LogP contribution in [0.1, 0.15) is 30.5 Å². The van der Waals surface area contributed by atoms with Crippen molar-refractivity contribution < 1.29 is 18.9 Å². The molecular formula is C36H45NO4. The molecule has 0 radical (unpaired) electrons. The van der Waals surface area contributed by atoms with Gasteiger partial charge in [0.25, 0.3) is 0 Å². The number of benzene rings is 3. The van der Waals surface area contributed by atoms with Crippen molar-refractivity contribution in [3.05, 3.63) is 144 Å². The van der Waals surface area contributed by atoms with E-state index in [1.807, 2.05) is 99.8 Å². The minimum absolute atomic E-state index is 0.158. The predicted octanol–water partition coefficient (Wildman–Crippen LogP) is 7.06. The van der Waals surface area contributed by atoms with E-state index in [4.69, 9.17) is 18.9 Å². The van der Waals surface area contributed by atoms with Crippen molar-refractivity contribution in [3.63, 3.8) is 0 Å². The second kappa shape index (κ2) is 18.9. The molecule has 4 unspecified atom stereocenters. The molecule has 218 valence electrons. The maximum atomic E-state index is 6.61. The van der Waals surface area contributed by atoms with Gasteiger partial charge >= 0.3 is 0 Å². The summed E-state index contributed by atoms with van der Waals surface area (Å²) in [4.78, 5) is 0. The quantitative estimate of drug-likeness (QED) is 0.161. The zero-order valence-electron chi connectivity index (χ0n) is 24.7. The summed E-state index contributed by atoms with van der Waals surface area (Å²) < 4.78 is 25.8. The lowest BCUT2D eigenvalue weighted by atomic mass is 10.0. The molecule has 0 saturated heterocycles. The van der Waals surface area contributed by atoms with Crippen LogP contribution in [0.5, 0.6) is 0 Å². The van der Waals surface area contributed by atoms with Crippen LogP contribution in [-0.2, 0) is 38.8 Å². The highest BCUT2D eigenvalue weighted by Gasteiger charge is 2.35. The molecule has 0 aliphatic heterocycles. The molecule has 1 N–H and O–H groups in total. The van der Waals surface area contributed by atoms with Crippen LogP contribution in [0, 0.1) is 0 Å². The summed E-state index contributed by atoms with van der Waals surface area (Å²) in [5.41, 5.74) is 4.19. The molecule has 0 aliphatic rings. The number of hydrogen-bond donors (Lipinski definition) is 1. The lowest BCUT2D eigenvalue weighted by Crippen LogP contribution is -2.54. The Hall–Kier alpha value is -3.32. The minimum Gasteiger partial charge on any atom is -0.375 e. The highest BCUT2D eigenvalue weighted by atomic mass is 16.6. The largest absolute Gasteiger partial charge is 0.375 e. The minimum atomic E-state index is -0.385. The van der Waals surface area contributed by atoms with Gasteiger partial charge in [-0.1, -0.05) is 122 Å². The van der Waals surface area contributed by atoms with Crippen LogP contribution in [0.3, 0.4) is 0 Å². The number of nitrogens with one attached hydrogen (secondary N) is 1. The summed E-state index contributed by atoms with van der Waals surface area (Å²) in [6.45, 7) is 10.4. The first-order valence-corrected chi connectivity index (χ1v) is 14.3. The number of ether oxygens (including phenoxy) is 4. The second-order valence-electron chi connectivity index (χ2n) is 9.98. The van der Waals surface area contributed by atoms with Crippen molar-refractivity contribution in [1.82, 2.24) is 5.32 Å². The van der Waals surface area contributed by atoms with Gasteiger partial charge in [0.05, 0.1) is 45.2 Å². The van der Waals surface area contributed by atoms with Gasteiger partial charge in [-0.05, 0) is 43.2 Å². The van der Waals surface area contributed by atoms with E-state index < -0.39 is 0 Å². The monoisotopic (exact) mass is 555 g/mol. The van der Waals surface area contributed by atoms with Gasteiger partial charge in [0.15, 0.2) is 0 Å². The molecule has 3 aromatic rings. The summed E-state index contributed by atoms with van der Waals surface area (Å²) in [5, 5.41) is 3.43.